The third kappa shape index (κ3) is 0.681. The van der Waals surface area contributed by atoms with Gasteiger partial charge < -0.3 is 0 Å². The van der Waals surface area contributed by atoms with Gasteiger partial charge in [0.15, 0.2) is 0 Å². The molecule has 0 aromatic heterocycles. The molecule has 0 nitrogen and oxygen atoms in total. The lowest BCUT2D eigenvalue weighted by molar-refractivity contribution is 0.0198. The molecular formula is C10H16. The summed E-state index contributed by atoms with van der Waals surface area (Å²) in [6, 6.07) is 0. The van der Waals surface area contributed by atoms with Crippen LogP contribution in [0.25, 0.3) is 0 Å². The van der Waals surface area contributed by atoms with E-state index in [2.05, 4.69) is 0 Å². The van der Waals surface area contributed by atoms with Gasteiger partial charge >= 0.3 is 0 Å². The van der Waals surface area contributed by atoms with Crippen LogP contribution in [0.1, 0.15) is 60.2 Å². The summed E-state index contributed by atoms with van der Waals surface area (Å²) in [5.74, 6) is -15.2. The summed E-state index contributed by atoms with van der Waals surface area (Å²) in [6.07, 6.45) is -23.1. The van der Waals surface area contributed by atoms with Crippen molar-refractivity contribution >= 4 is 0 Å². The van der Waals surface area contributed by atoms with Crippen LogP contribution in [0, 0.1) is 23.6 Å². The molecule has 0 atom stereocenters. The van der Waals surface area contributed by atoms with Crippen molar-refractivity contribution < 1.29 is 21.9 Å². The summed E-state index contributed by atoms with van der Waals surface area (Å²) >= 11 is 0. The second-order valence-electron chi connectivity index (χ2n) is 2.25. The average Bonchev–Trinajstić information content (AvgIpc) is 2.46. The van der Waals surface area contributed by atoms with Crippen molar-refractivity contribution in [3.8, 4) is 0 Å². The maximum absolute atomic E-state index is 8.34. The second kappa shape index (κ2) is 1.78. The Labute approximate surface area is 85.5 Å². The fourth-order valence-corrected chi connectivity index (χ4v) is 1.12. The lowest BCUT2D eigenvalue weighted by Gasteiger charge is -2.49. The SMILES string of the molecule is [2H]C1([2H])C2([2H])C([2H])([2H])C3([2H])C([2H])([2H])C1([2H])C([2H])([2H])C([2H])(C2([2H])[2H])C3([2H])[2H]. The van der Waals surface area contributed by atoms with Gasteiger partial charge in [-0.15, -0.1) is 0 Å². The summed E-state index contributed by atoms with van der Waals surface area (Å²) in [5, 5.41) is 0. The van der Waals surface area contributed by atoms with Crippen molar-refractivity contribution in [2.75, 3.05) is 0 Å². The van der Waals surface area contributed by atoms with Crippen LogP contribution < -0.4 is 0 Å². The zero-order valence-electron chi connectivity index (χ0n) is 21.0. The molecule has 4 saturated carbocycles. The smallest absolute Gasteiger partial charge is 0.0303 e. The van der Waals surface area contributed by atoms with Crippen LogP contribution in [0.15, 0.2) is 0 Å². The Bertz CT molecular complexity index is 507. The topological polar surface area (TPSA) is 0 Å². The Morgan fingerprint density at radius 2 is 0.900 bits per heavy atom. The van der Waals surface area contributed by atoms with Crippen LogP contribution in [0.4, 0.5) is 0 Å². The Balaban J connectivity index is 2.71. The number of rotatable bonds is 0. The van der Waals surface area contributed by atoms with Crippen LogP contribution in [0.2, 0.25) is 0 Å². The summed E-state index contributed by atoms with van der Waals surface area (Å²) in [5.41, 5.74) is 0. The van der Waals surface area contributed by atoms with E-state index in [1.54, 1.807) is 0 Å². The van der Waals surface area contributed by atoms with E-state index in [0.29, 0.717) is 0 Å². The number of hydrogen-bond donors (Lipinski definition) is 0. The average molecular weight is 152 g/mol. The van der Waals surface area contributed by atoms with Crippen LogP contribution >= 0.6 is 0 Å². The minimum absolute atomic E-state index is 3.79. The molecule has 56 valence electrons. The minimum Gasteiger partial charge on any atom is -0.0475 e. The molecule has 4 rings (SSSR count). The first-order valence-electron chi connectivity index (χ1n) is 11.0. The highest BCUT2D eigenvalue weighted by atomic mass is 14.5. The van der Waals surface area contributed by atoms with Crippen molar-refractivity contribution in [1.82, 2.24) is 0 Å². The van der Waals surface area contributed by atoms with Gasteiger partial charge in [-0.2, -0.15) is 0 Å². The van der Waals surface area contributed by atoms with E-state index in [1.165, 1.54) is 0 Å². The van der Waals surface area contributed by atoms with Crippen molar-refractivity contribution in [1.29, 1.82) is 0 Å². The molecule has 0 aromatic rings. The Kier molecular flexibility index (Phi) is 0.184. The molecule has 0 amide bonds. The first-order valence-corrected chi connectivity index (χ1v) is 3.00. The van der Waals surface area contributed by atoms with Crippen molar-refractivity contribution in [3.05, 3.63) is 0 Å². The second-order valence-corrected chi connectivity index (χ2v) is 2.25. The van der Waals surface area contributed by atoms with E-state index in [1.807, 2.05) is 0 Å². The van der Waals surface area contributed by atoms with Gasteiger partial charge in [-0.3, -0.25) is 0 Å². The van der Waals surface area contributed by atoms with E-state index >= 15 is 0 Å². The quantitative estimate of drug-likeness (QED) is 0.501. The predicted molar refractivity (Wildman–Crippen MR) is 41.7 cm³/mol. The third-order valence-electron chi connectivity index (χ3n) is 1.50. The van der Waals surface area contributed by atoms with Crippen molar-refractivity contribution in [2.24, 2.45) is 23.6 Å². The Morgan fingerprint density at radius 3 is 1.10 bits per heavy atom. The lowest BCUT2D eigenvalue weighted by atomic mass is 9.56. The zero-order chi connectivity index (χ0) is 21.0. The molecule has 0 radical (unpaired) electrons. The van der Waals surface area contributed by atoms with Crippen LogP contribution in [0.5, 0.6) is 0 Å². The molecular weight excluding hydrogens is 120 g/mol. The largest absolute Gasteiger partial charge is 0.0475 e. The van der Waals surface area contributed by atoms with E-state index in [-0.39, 0.29) is 0 Å². The van der Waals surface area contributed by atoms with Gasteiger partial charge in [0, 0.05) is 21.9 Å². The molecule has 0 spiro atoms. The van der Waals surface area contributed by atoms with Gasteiger partial charge in [0.05, 0.1) is 0 Å². The lowest BCUT2D eigenvalue weighted by Crippen LogP contribution is -2.38. The maximum atomic E-state index is 8.34. The van der Waals surface area contributed by atoms with Crippen molar-refractivity contribution in [2.45, 2.75) is 38.2 Å². The van der Waals surface area contributed by atoms with Crippen LogP contribution in [-0.2, 0) is 0 Å². The van der Waals surface area contributed by atoms with E-state index in [9.17, 15) is 0 Å². The first kappa shape index (κ1) is 1.03. The minimum atomic E-state index is -3.84. The molecule has 0 unspecified atom stereocenters. The Morgan fingerprint density at radius 1 is 0.700 bits per heavy atom. The molecule has 0 aromatic carbocycles. The van der Waals surface area contributed by atoms with E-state index in [4.69, 9.17) is 21.9 Å². The van der Waals surface area contributed by atoms with E-state index in [0.717, 1.165) is 0 Å². The molecule has 4 aliphatic carbocycles. The zero-order valence-corrected chi connectivity index (χ0v) is 5.00. The molecule has 0 saturated heterocycles. The van der Waals surface area contributed by atoms with Crippen LogP contribution in [0.3, 0.4) is 0 Å². The van der Waals surface area contributed by atoms with Crippen molar-refractivity contribution in [3.63, 3.8) is 0 Å². The van der Waals surface area contributed by atoms with Gasteiger partial charge in [0.2, 0.25) is 0 Å². The van der Waals surface area contributed by atoms with Gasteiger partial charge in [-0.25, -0.2) is 0 Å². The highest BCUT2D eigenvalue weighted by Crippen LogP contribution is 2.53. The van der Waals surface area contributed by atoms with Crippen LogP contribution in [-0.4, -0.2) is 0 Å². The molecule has 0 aliphatic heterocycles. The predicted octanol–water partition coefficient (Wildman–Crippen LogP) is 2.83. The number of hydrogen-bond acceptors (Lipinski definition) is 0. The fourth-order valence-electron chi connectivity index (χ4n) is 1.12. The summed E-state index contributed by atoms with van der Waals surface area (Å²) < 4.78 is 131. The highest BCUT2D eigenvalue weighted by molar-refractivity contribution is 4.92. The van der Waals surface area contributed by atoms with Gasteiger partial charge in [-0.1, -0.05) is 0 Å². The molecule has 4 aliphatic rings. The first-order chi connectivity index (χ1) is 11.0. The van der Waals surface area contributed by atoms with Gasteiger partial charge in [-0.05, 0) is 61.8 Å². The fraction of sp³-hybridized carbons (Fsp3) is 1.00. The summed E-state index contributed by atoms with van der Waals surface area (Å²) in [4.78, 5) is 0. The molecule has 0 N–H and O–H groups in total. The monoisotopic (exact) mass is 152 g/mol. The molecule has 10 heavy (non-hydrogen) atoms. The van der Waals surface area contributed by atoms with Gasteiger partial charge in [0.25, 0.3) is 0 Å². The molecule has 0 heterocycles. The summed E-state index contributed by atoms with van der Waals surface area (Å²) in [6.45, 7) is 0. The molecule has 0 heteroatoms. The normalized spacial score (nSPS) is 141. The maximum Gasteiger partial charge on any atom is 0.0303 e. The summed E-state index contributed by atoms with van der Waals surface area (Å²) in [7, 11) is 0. The highest BCUT2D eigenvalue weighted by Gasteiger charge is 2.41. The van der Waals surface area contributed by atoms with Gasteiger partial charge in [0.1, 0.15) is 0 Å². The standard InChI is InChI=1S/C10H16/c1-7-2-9-4-8(1)5-10(3-7)6-9/h7-10H,1-6H2/i1D2,2D2,3D2,4D2,5D2,6D2,7D,8D,9D,10D. The molecule has 4 fully saturated rings. The third-order valence-corrected chi connectivity index (χ3v) is 1.50. The molecule has 4 bridgehead atoms. The Hall–Kier alpha value is 0. The van der Waals surface area contributed by atoms with E-state index < -0.39 is 61.8 Å².